The first-order valence-electron chi connectivity index (χ1n) is 5.55. The third-order valence-electron chi connectivity index (χ3n) is 2.33. The first-order valence-corrected chi connectivity index (χ1v) is 7.42. The summed E-state index contributed by atoms with van der Waals surface area (Å²) in [5.41, 5.74) is 2.50. The number of hydrogen-bond acceptors (Lipinski definition) is 4. The minimum absolute atomic E-state index is 0.921. The number of benzene rings is 1. The van der Waals surface area contributed by atoms with Crippen molar-refractivity contribution in [1.29, 1.82) is 0 Å². The highest BCUT2D eigenvalue weighted by Gasteiger charge is 2.01. The maximum absolute atomic E-state index is 4.47. The average molecular weight is 264 g/mol. The normalized spacial score (nSPS) is 10.7. The fourth-order valence-corrected chi connectivity index (χ4v) is 3.17. The van der Waals surface area contributed by atoms with Gasteiger partial charge in [0.1, 0.15) is 0 Å². The van der Waals surface area contributed by atoms with Gasteiger partial charge in [0.2, 0.25) is 0 Å². The lowest BCUT2D eigenvalue weighted by molar-refractivity contribution is 0.815. The van der Waals surface area contributed by atoms with E-state index in [-0.39, 0.29) is 0 Å². The van der Waals surface area contributed by atoms with Gasteiger partial charge in [0.25, 0.3) is 0 Å². The molecule has 4 heteroatoms. The Labute approximate surface area is 110 Å². The van der Waals surface area contributed by atoms with E-state index in [1.807, 2.05) is 25.7 Å². The predicted octanol–water partition coefficient (Wildman–Crippen LogP) is 3.46. The third-order valence-corrected chi connectivity index (χ3v) is 4.18. The van der Waals surface area contributed by atoms with Crippen LogP contribution < -0.4 is 5.32 Å². The smallest absolute Gasteiger partial charge is 0.0897 e. The zero-order valence-electron chi connectivity index (χ0n) is 10.1. The second-order valence-electron chi connectivity index (χ2n) is 3.82. The van der Waals surface area contributed by atoms with Gasteiger partial charge in [-0.25, -0.2) is 4.98 Å². The van der Waals surface area contributed by atoms with Crippen LogP contribution in [-0.2, 0) is 12.3 Å². The molecule has 0 aliphatic carbocycles. The molecule has 2 rings (SSSR count). The van der Waals surface area contributed by atoms with Gasteiger partial charge < -0.3 is 5.32 Å². The maximum atomic E-state index is 4.47. The number of nitrogens with one attached hydrogen (secondary N) is 1. The van der Waals surface area contributed by atoms with Crippen molar-refractivity contribution in [2.24, 2.45) is 0 Å². The van der Waals surface area contributed by atoms with E-state index in [0.717, 1.165) is 17.3 Å². The van der Waals surface area contributed by atoms with E-state index in [1.54, 1.807) is 11.3 Å². The monoisotopic (exact) mass is 264 g/mol. The van der Waals surface area contributed by atoms with Gasteiger partial charge in [-0.05, 0) is 31.7 Å². The van der Waals surface area contributed by atoms with Gasteiger partial charge in [-0.15, -0.1) is 23.1 Å². The summed E-state index contributed by atoms with van der Waals surface area (Å²) in [6, 6.07) is 8.65. The molecule has 0 fully saturated rings. The lowest BCUT2D eigenvalue weighted by Gasteiger charge is -2.03. The van der Waals surface area contributed by atoms with E-state index >= 15 is 0 Å². The van der Waals surface area contributed by atoms with E-state index in [1.165, 1.54) is 16.2 Å². The van der Waals surface area contributed by atoms with Gasteiger partial charge in [0.15, 0.2) is 0 Å². The molecule has 0 unspecified atom stereocenters. The molecule has 0 bridgehead atoms. The van der Waals surface area contributed by atoms with Crippen LogP contribution in [0.3, 0.4) is 0 Å². The van der Waals surface area contributed by atoms with Crippen LogP contribution in [-0.4, -0.2) is 12.0 Å². The van der Waals surface area contributed by atoms with Crippen molar-refractivity contribution in [2.75, 3.05) is 7.05 Å². The third kappa shape index (κ3) is 3.84. The summed E-state index contributed by atoms with van der Waals surface area (Å²) in [5, 5.41) is 6.45. The molecule has 0 aliphatic rings. The predicted molar refractivity (Wildman–Crippen MR) is 75.6 cm³/mol. The molecule has 0 saturated heterocycles. The summed E-state index contributed by atoms with van der Waals surface area (Å²) in [6.45, 7) is 2.97. The van der Waals surface area contributed by atoms with Gasteiger partial charge in [-0.1, -0.05) is 12.1 Å². The SMILES string of the molecule is CNCc1cccc(SCc2csc(C)n2)c1. The molecule has 90 valence electrons. The molecule has 17 heavy (non-hydrogen) atoms. The van der Waals surface area contributed by atoms with Crippen LogP contribution in [0.1, 0.15) is 16.3 Å². The van der Waals surface area contributed by atoms with E-state index in [2.05, 4.69) is 39.9 Å². The number of hydrogen-bond donors (Lipinski definition) is 1. The molecule has 0 amide bonds. The van der Waals surface area contributed by atoms with Crippen LogP contribution in [0.15, 0.2) is 34.5 Å². The fraction of sp³-hybridized carbons (Fsp3) is 0.308. The van der Waals surface area contributed by atoms with Crippen molar-refractivity contribution in [3.63, 3.8) is 0 Å². The fourth-order valence-electron chi connectivity index (χ4n) is 1.58. The van der Waals surface area contributed by atoms with Crippen LogP contribution in [0.5, 0.6) is 0 Å². The van der Waals surface area contributed by atoms with Crippen LogP contribution in [0.4, 0.5) is 0 Å². The molecular formula is C13H16N2S2. The van der Waals surface area contributed by atoms with Crippen molar-refractivity contribution in [3.8, 4) is 0 Å². The zero-order valence-corrected chi connectivity index (χ0v) is 11.7. The Morgan fingerprint density at radius 1 is 1.41 bits per heavy atom. The quantitative estimate of drug-likeness (QED) is 0.837. The number of aromatic nitrogens is 1. The van der Waals surface area contributed by atoms with Crippen LogP contribution >= 0.6 is 23.1 Å². The van der Waals surface area contributed by atoms with Crippen LogP contribution in [0.2, 0.25) is 0 Å². The molecule has 0 saturated carbocycles. The van der Waals surface area contributed by atoms with Crippen molar-refractivity contribution in [2.45, 2.75) is 24.1 Å². The highest BCUT2D eigenvalue weighted by Crippen LogP contribution is 2.24. The molecule has 2 aromatic rings. The van der Waals surface area contributed by atoms with Crippen molar-refractivity contribution >= 4 is 23.1 Å². The summed E-state index contributed by atoms with van der Waals surface area (Å²) in [7, 11) is 1.97. The molecule has 2 nitrogen and oxygen atoms in total. The van der Waals surface area contributed by atoms with E-state index in [9.17, 15) is 0 Å². The van der Waals surface area contributed by atoms with Gasteiger partial charge in [0.05, 0.1) is 10.7 Å². The van der Waals surface area contributed by atoms with E-state index < -0.39 is 0 Å². The Hall–Kier alpha value is -0.840. The maximum Gasteiger partial charge on any atom is 0.0897 e. The largest absolute Gasteiger partial charge is 0.316 e. The topological polar surface area (TPSA) is 24.9 Å². The molecule has 0 aliphatic heterocycles. The number of rotatable bonds is 5. The summed E-state index contributed by atoms with van der Waals surface area (Å²) in [4.78, 5) is 5.78. The first-order chi connectivity index (χ1) is 8.28. The lowest BCUT2D eigenvalue weighted by atomic mass is 10.2. The van der Waals surface area contributed by atoms with Crippen molar-refractivity contribution in [1.82, 2.24) is 10.3 Å². The summed E-state index contributed by atoms with van der Waals surface area (Å²) in [6.07, 6.45) is 0. The average Bonchev–Trinajstić information content (AvgIpc) is 2.74. The number of nitrogens with zero attached hydrogens (tertiary/aromatic N) is 1. The highest BCUT2D eigenvalue weighted by molar-refractivity contribution is 7.98. The van der Waals surface area contributed by atoms with Gasteiger partial charge in [0, 0.05) is 22.6 Å². The number of thiazole rings is 1. The molecule has 1 aromatic carbocycles. The summed E-state index contributed by atoms with van der Waals surface area (Å²) >= 11 is 3.56. The zero-order chi connectivity index (χ0) is 12.1. The Kier molecular flexibility index (Phi) is 4.59. The minimum Gasteiger partial charge on any atom is -0.316 e. The van der Waals surface area contributed by atoms with Gasteiger partial charge >= 0.3 is 0 Å². The Bertz CT molecular complexity index is 480. The van der Waals surface area contributed by atoms with Crippen molar-refractivity contribution in [3.05, 3.63) is 45.9 Å². The highest BCUT2D eigenvalue weighted by atomic mass is 32.2. The van der Waals surface area contributed by atoms with Gasteiger partial charge in [-0.3, -0.25) is 0 Å². The Morgan fingerprint density at radius 2 is 2.29 bits per heavy atom. The summed E-state index contributed by atoms with van der Waals surface area (Å²) in [5.74, 6) is 0.952. The standard InChI is InChI=1S/C13H16N2S2/c1-10-15-12(8-16-10)9-17-13-5-3-4-11(6-13)7-14-2/h3-6,8,14H,7,9H2,1-2H3. The van der Waals surface area contributed by atoms with Crippen LogP contribution in [0.25, 0.3) is 0 Å². The van der Waals surface area contributed by atoms with Gasteiger partial charge in [-0.2, -0.15) is 0 Å². The molecular weight excluding hydrogens is 248 g/mol. The van der Waals surface area contributed by atoms with Crippen LogP contribution in [0, 0.1) is 6.92 Å². The first kappa shape index (κ1) is 12.6. The molecule has 0 radical (unpaired) electrons. The molecule has 0 spiro atoms. The number of thioether (sulfide) groups is 1. The lowest BCUT2D eigenvalue weighted by Crippen LogP contribution is -2.04. The van der Waals surface area contributed by atoms with Crippen molar-refractivity contribution < 1.29 is 0 Å². The number of aryl methyl sites for hydroxylation is 1. The molecule has 0 atom stereocenters. The van der Waals surface area contributed by atoms with E-state index in [0.29, 0.717) is 0 Å². The molecule has 1 heterocycles. The van der Waals surface area contributed by atoms with E-state index in [4.69, 9.17) is 0 Å². The molecule has 1 N–H and O–H groups in total. The Balaban J connectivity index is 1.96. The second-order valence-corrected chi connectivity index (χ2v) is 5.94. The second kappa shape index (κ2) is 6.19. The minimum atomic E-state index is 0.921. The Morgan fingerprint density at radius 3 is 3.00 bits per heavy atom. The summed E-state index contributed by atoms with van der Waals surface area (Å²) < 4.78 is 0. The molecule has 1 aromatic heterocycles.